The molecule has 3 heterocycles. The van der Waals surface area contributed by atoms with Crippen LogP contribution in [0.5, 0.6) is 0 Å². The van der Waals surface area contributed by atoms with Crippen LogP contribution in [0.15, 0.2) is 0 Å². The molecule has 0 aromatic carbocycles. The molecule has 1 saturated heterocycles. The number of carbonyl (C=O) groups is 1. The zero-order valence-electron chi connectivity index (χ0n) is 16.1. The first-order valence-electron chi connectivity index (χ1n) is 9.16. The van der Waals surface area contributed by atoms with Crippen molar-refractivity contribution in [1.82, 2.24) is 35.8 Å². The van der Waals surface area contributed by atoms with Gasteiger partial charge in [0.2, 0.25) is 11.9 Å². The number of carbonyl (C=O) groups excluding carboxylic acids is 1. The Morgan fingerprint density at radius 1 is 1.35 bits per heavy atom. The van der Waals surface area contributed by atoms with Gasteiger partial charge in [-0.3, -0.25) is 19.9 Å². The Labute approximate surface area is 153 Å². The smallest absolute Gasteiger partial charge is 0.248 e. The lowest BCUT2D eigenvalue weighted by Gasteiger charge is -2.10. The first-order chi connectivity index (χ1) is 12.4. The second-order valence-corrected chi connectivity index (χ2v) is 7.22. The average Bonchev–Trinajstić information content (AvgIpc) is 3.27. The van der Waals surface area contributed by atoms with Gasteiger partial charge >= 0.3 is 0 Å². The van der Waals surface area contributed by atoms with E-state index >= 15 is 0 Å². The average molecular weight is 360 g/mol. The molecule has 9 heteroatoms. The van der Waals surface area contributed by atoms with Crippen LogP contribution in [0.2, 0.25) is 0 Å². The van der Waals surface area contributed by atoms with Crippen LogP contribution in [-0.4, -0.2) is 36.9 Å². The Hall–Kier alpha value is -2.26. The summed E-state index contributed by atoms with van der Waals surface area (Å²) in [7, 11) is 0. The number of rotatable bonds is 6. The SMILES string of the molecule is CCn1nc(C)c(C2CC(C(=O)Nc3n[nH]c(CC(C)C)n3)NN2)c1C. The number of nitrogens with zero attached hydrogens (tertiary/aromatic N) is 4. The Morgan fingerprint density at radius 2 is 2.12 bits per heavy atom. The van der Waals surface area contributed by atoms with Gasteiger partial charge < -0.3 is 0 Å². The van der Waals surface area contributed by atoms with E-state index in [2.05, 4.69) is 64.1 Å². The minimum Gasteiger partial charge on any atom is -0.292 e. The summed E-state index contributed by atoms with van der Waals surface area (Å²) in [6.07, 6.45) is 1.44. The Morgan fingerprint density at radius 3 is 2.77 bits per heavy atom. The van der Waals surface area contributed by atoms with Gasteiger partial charge in [0.05, 0.1) is 11.7 Å². The van der Waals surface area contributed by atoms with Crippen molar-refractivity contribution in [3.05, 3.63) is 22.8 Å². The molecule has 1 aliphatic heterocycles. The number of anilines is 1. The highest BCUT2D eigenvalue weighted by molar-refractivity contribution is 5.93. The molecule has 0 spiro atoms. The molecule has 2 aromatic rings. The van der Waals surface area contributed by atoms with Gasteiger partial charge in [0, 0.05) is 24.2 Å². The normalized spacial score (nSPS) is 20.1. The maximum absolute atomic E-state index is 12.5. The first-order valence-corrected chi connectivity index (χ1v) is 9.16. The van der Waals surface area contributed by atoms with E-state index in [1.807, 2.05) is 11.6 Å². The molecule has 3 rings (SSSR count). The van der Waals surface area contributed by atoms with Gasteiger partial charge in [-0.05, 0) is 33.1 Å². The maximum atomic E-state index is 12.5. The molecule has 1 amide bonds. The Kier molecular flexibility index (Phi) is 5.38. The van der Waals surface area contributed by atoms with Crippen molar-refractivity contribution >= 4 is 11.9 Å². The van der Waals surface area contributed by atoms with E-state index in [-0.39, 0.29) is 18.0 Å². The standard InChI is InChI=1S/C17H28N8O/c1-6-25-11(5)15(10(4)24-25)12-8-13(21-20-12)16(26)19-17-18-14(22-23-17)7-9(2)3/h9,12-13,20-21H,6-8H2,1-5H3,(H2,18,19,22,23,26). The monoisotopic (exact) mass is 360 g/mol. The summed E-state index contributed by atoms with van der Waals surface area (Å²) in [5.41, 5.74) is 9.60. The lowest BCUT2D eigenvalue weighted by molar-refractivity contribution is -0.117. The van der Waals surface area contributed by atoms with Crippen molar-refractivity contribution in [2.45, 2.75) is 66.1 Å². The largest absolute Gasteiger partial charge is 0.292 e. The van der Waals surface area contributed by atoms with E-state index in [9.17, 15) is 4.79 Å². The van der Waals surface area contributed by atoms with E-state index in [0.717, 1.165) is 35.7 Å². The maximum Gasteiger partial charge on any atom is 0.248 e. The molecule has 142 valence electrons. The number of hydrazine groups is 1. The summed E-state index contributed by atoms with van der Waals surface area (Å²) < 4.78 is 1.99. The molecule has 0 bridgehead atoms. The number of nitrogens with one attached hydrogen (secondary N) is 4. The molecular formula is C17H28N8O. The van der Waals surface area contributed by atoms with Gasteiger partial charge in [0.1, 0.15) is 11.9 Å². The van der Waals surface area contributed by atoms with Crippen LogP contribution < -0.4 is 16.2 Å². The van der Waals surface area contributed by atoms with E-state index in [1.165, 1.54) is 0 Å². The van der Waals surface area contributed by atoms with Crippen molar-refractivity contribution in [1.29, 1.82) is 0 Å². The van der Waals surface area contributed by atoms with Gasteiger partial charge in [-0.2, -0.15) is 10.1 Å². The van der Waals surface area contributed by atoms with Gasteiger partial charge in [0.15, 0.2) is 0 Å². The number of aryl methyl sites for hydroxylation is 2. The molecule has 1 aliphatic rings. The zero-order chi connectivity index (χ0) is 18.8. The third-order valence-electron chi connectivity index (χ3n) is 4.67. The molecule has 0 saturated carbocycles. The molecule has 4 N–H and O–H groups in total. The molecular weight excluding hydrogens is 332 g/mol. The van der Waals surface area contributed by atoms with Gasteiger partial charge in [-0.1, -0.05) is 13.8 Å². The molecule has 0 aliphatic carbocycles. The summed E-state index contributed by atoms with van der Waals surface area (Å²) in [4.78, 5) is 16.8. The number of hydrogen-bond donors (Lipinski definition) is 4. The number of aromatic amines is 1. The van der Waals surface area contributed by atoms with Crippen LogP contribution in [-0.2, 0) is 17.8 Å². The Balaban J connectivity index is 1.62. The predicted molar refractivity (Wildman–Crippen MR) is 98.3 cm³/mol. The summed E-state index contributed by atoms with van der Waals surface area (Å²) in [6.45, 7) is 11.2. The van der Waals surface area contributed by atoms with Crippen LogP contribution >= 0.6 is 0 Å². The molecule has 1 fully saturated rings. The van der Waals surface area contributed by atoms with Crippen molar-refractivity contribution in [2.24, 2.45) is 5.92 Å². The summed E-state index contributed by atoms with van der Waals surface area (Å²) in [5.74, 6) is 1.43. The number of H-pyrrole nitrogens is 1. The predicted octanol–water partition coefficient (Wildman–Crippen LogP) is 1.38. The van der Waals surface area contributed by atoms with Gasteiger partial charge in [0.25, 0.3) is 0 Å². The zero-order valence-corrected chi connectivity index (χ0v) is 16.1. The molecule has 26 heavy (non-hydrogen) atoms. The summed E-state index contributed by atoms with van der Waals surface area (Å²) in [5, 5.41) is 14.3. The topological polar surface area (TPSA) is 113 Å². The first kappa shape index (κ1) is 18.5. The fourth-order valence-corrected chi connectivity index (χ4v) is 3.47. The van der Waals surface area contributed by atoms with E-state index in [1.54, 1.807) is 0 Å². The van der Waals surface area contributed by atoms with Crippen molar-refractivity contribution < 1.29 is 4.79 Å². The highest BCUT2D eigenvalue weighted by atomic mass is 16.2. The third kappa shape index (κ3) is 3.78. The van der Waals surface area contributed by atoms with Crippen molar-refractivity contribution in [3.8, 4) is 0 Å². The molecule has 2 unspecified atom stereocenters. The minimum absolute atomic E-state index is 0.0506. The second kappa shape index (κ2) is 7.55. The van der Waals surface area contributed by atoms with E-state index < -0.39 is 0 Å². The number of aromatic nitrogens is 5. The second-order valence-electron chi connectivity index (χ2n) is 7.22. The highest BCUT2D eigenvalue weighted by Gasteiger charge is 2.33. The quantitative estimate of drug-likeness (QED) is 0.619. The minimum atomic E-state index is -0.351. The van der Waals surface area contributed by atoms with Crippen molar-refractivity contribution in [3.63, 3.8) is 0 Å². The van der Waals surface area contributed by atoms with Crippen LogP contribution in [0.4, 0.5) is 5.95 Å². The molecule has 2 aromatic heterocycles. The third-order valence-corrected chi connectivity index (χ3v) is 4.67. The molecule has 2 atom stereocenters. The lowest BCUT2D eigenvalue weighted by atomic mass is 10.00. The Bertz CT molecular complexity index is 778. The summed E-state index contributed by atoms with van der Waals surface area (Å²) in [6, 6.07) is -0.300. The van der Waals surface area contributed by atoms with Crippen LogP contribution in [0, 0.1) is 19.8 Å². The van der Waals surface area contributed by atoms with E-state index in [4.69, 9.17) is 0 Å². The fraction of sp³-hybridized carbons (Fsp3) is 0.647. The lowest BCUT2D eigenvalue weighted by Crippen LogP contribution is -2.39. The number of hydrogen-bond acceptors (Lipinski definition) is 6. The molecule has 0 radical (unpaired) electrons. The number of amides is 1. The molecule has 9 nitrogen and oxygen atoms in total. The van der Waals surface area contributed by atoms with E-state index in [0.29, 0.717) is 18.3 Å². The van der Waals surface area contributed by atoms with Gasteiger partial charge in [-0.25, -0.2) is 10.9 Å². The van der Waals surface area contributed by atoms with Crippen LogP contribution in [0.3, 0.4) is 0 Å². The highest BCUT2D eigenvalue weighted by Crippen LogP contribution is 2.28. The van der Waals surface area contributed by atoms with Crippen LogP contribution in [0.1, 0.15) is 56.0 Å². The van der Waals surface area contributed by atoms with Crippen LogP contribution in [0.25, 0.3) is 0 Å². The van der Waals surface area contributed by atoms with Crippen molar-refractivity contribution in [2.75, 3.05) is 5.32 Å². The van der Waals surface area contributed by atoms with Gasteiger partial charge in [-0.15, -0.1) is 5.10 Å². The summed E-state index contributed by atoms with van der Waals surface area (Å²) >= 11 is 0. The fourth-order valence-electron chi connectivity index (χ4n) is 3.47.